The first-order valence-corrected chi connectivity index (χ1v) is 12.4. The maximum absolute atomic E-state index is 12.3. The molecule has 1 aliphatic heterocycles. The van der Waals surface area contributed by atoms with Crippen molar-refractivity contribution >= 4 is 97.9 Å². The van der Waals surface area contributed by atoms with Gasteiger partial charge in [-0.2, -0.15) is 0 Å². The van der Waals surface area contributed by atoms with E-state index in [1.807, 2.05) is 36.4 Å². The molecule has 1 heterocycles. The lowest BCUT2D eigenvalue weighted by Crippen LogP contribution is -2.06. The van der Waals surface area contributed by atoms with Gasteiger partial charge in [-0.3, -0.25) is 0 Å². The maximum atomic E-state index is 12.3. The van der Waals surface area contributed by atoms with Crippen molar-refractivity contribution in [2.75, 3.05) is 0 Å². The van der Waals surface area contributed by atoms with E-state index in [0.717, 1.165) is 24.0 Å². The highest BCUT2D eigenvalue weighted by Crippen LogP contribution is 2.32. The SMILES string of the molecule is O=C1OC(c2ccc(Cl)cc2Cl)=N/C1=C\c1cc(I)c(OCc2ccc(Cl)cc2)c(I)c1. The molecule has 9 heteroatoms. The monoisotopic (exact) mass is 709 g/mol. The average Bonchev–Trinajstić information content (AvgIpc) is 3.08. The van der Waals surface area contributed by atoms with Gasteiger partial charge in [-0.05, 0) is 105 Å². The topological polar surface area (TPSA) is 47.9 Å². The summed E-state index contributed by atoms with van der Waals surface area (Å²) in [5.41, 5.74) is 2.51. The molecule has 0 fully saturated rings. The second kappa shape index (κ2) is 10.3. The molecule has 0 bridgehead atoms. The number of carbonyl (C=O) groups is 1. The van der Waals surface area contributed by atoms with Crippen LogP contribution in [0.5, 0.6) is 5.75 Å². The zero-order valence-corrected chi connectivity index (χ0v) is 22.6. The van der Waals surface area contributed by atoms with Crippen molar-refractivity contribution in [2.45, 2.75) is 6.61 Å². The summed E-state index contributed by atoms with van der Waals surface area (Å²) in [6, 6.07) is 16.3. The molecule has 0 N–H and O–H groups in total. The summed E-state index contributed by atoms with van der Waals surface area (Å²) in [4.78, 5) is 16.7. The molecule has 162 valence electrons. The predicted octanol–water partition coefficient (Wildman–Crippen LogP) is 7.78. The highest BCUT2D eigenvalue weighted by molar-refractivity contribution is 14.1. The van der Waals surface area contributed by atoms with Crippen molar-refractivity contribution < 1.29 is 14.3 Å². The lowest BCUT2D eigenvalue weighted by Gasteiger charge is -2.11. The van der Waals surface area contributed by atoms with Crippen molar-refractivity contribution in [2.24, 2.45) is 4.99 Å². The van der Waals surface area contributed by atoms with Gasteiger partial charge in [-0.1, -0.05) is 46.9 Å². The van der Waals surface area contributed by atoms with Crippen LogP contribution in [0.3, 0.4) is 0 Å². The molecule has 0 aromatic heterocycles. The molecule has 3 aromatic carbocycles. The fourth-order valence-electron chi connectivity index (χ4n) is 2.88. The Bertz CT molecular complexity index is 1250. The molecule has 0 aliphatic carbocycles. The minimum atomic E-state index is -0.543. The first kappa shape index (κ1) is 23.8. The largest absolute Gasteiger partial charge is 0.487 e. The zero-order chi connectivity index (χ0) is 22.8. The Morgan fingerprint density at radius 3 is 2.25 bits per heavy atom. The Morgan fingerprint density at radius 1 is 0.938 bits per heavy atom. The van der Waals surface area contributed by atoms with Crippen LogP contribution < -0.4 is 4.74 Å². The smallest absolute Gasteiger partial charge is 0.363 e. The van der Waals surface area contributed by atoms with Crippen LogP contribution in [0.2, 0.25) is 15.1 Å². The van der Waals surface area contributed by atoms with Gasteiger partial charge in [0.05, 0.1) is 17.7 Å². The Labute approximate surface area is 226 Å². The minimum Gasteiger partial charge on any atom is -0.487 e. The van der Waals surface area contributed by atoms with Gasteiger partial charge in [0.25, 0.3) is 0 Å². The summed E-state index contributed by atoms with van der Waals surface area (Å²) in [5.74, 6) is 0.378. The number of carbonyl (C=O) groups excluding carboxylic acids is 1. The van der Waals surface area contributed by atoms with Gasteiger partial charge in [0.1, 0.15) is 12.4 Å². The molecule has 4 rings (SSSR count). The molecule has 0 saturated heterocycles. The van der Waals surface area contributed by atoms with E-state index in [0.29, 0.717) is 27.2 Å². The molecule has 3 aromatic rings. The molecular weight excluding hydrogens is 698 g/mol. The van der Waals surface area contributed by atoms with Crippen LogP contribution in [0, 0.1) is 7.14 Å². The standard InChI is InChI=1S/C23H12Cl3I2NO3/c24-14-3-1-12(2-4-14)11-31-21-18(27)7-13(8-19(21)28)9-20-23(30)32-22(29-20)16-6-5-15(25)10-17(16)26/h1-10H,11H2/b20-9-. The van der Waals surface area contributed by atoms with Crippen LogP contribution in [0.1, 0.15) is 16.7 Å². The number of aliphatic imine (C=N–C) groups is 1. The molecule has 0 amide bonds. The number of nitrogens with zero attached hydrogens (tertiary/aromatic N) is 1. The average molecular weight is 711 g/mol. The third-order valence-electron chi connectivity index (χ3n) is 4.40. The number of benzene rings is 3. The van der Waals surface area contributed by atoms with Crippen molar-refractivity contribution in [1.29, 1.82) is 0 Å². The van der Waals surface area contributed by atoms with Crippen LogP contribution in [-0.4, -0.2) is 11.9 Å². The van der Waals surface area contributed by atoms with Crippen LogP contribution in [-0.2, 0) is 16.1 Å². The summed E-state index contributed by atoms with van der Waals surface area (Å²) in [6.07, 6.45) is 1.67. The van der Waals surface area contributed by atoms with E-state index >= 15 is 0 Å². The summed E-state index contributed by atoms with van der Waals surface area (Å²) >= 11 is 22.5. The second-order valence-corrected chi connectivity index (χ2v) is 10.3. The Morgan fingerprint density at radius 2 is 1.59 bits per heavy atom. The van der Waals surface area contributed by atoms with Crippen molar-refractivity contribution in [3.05, 3.63) is 99.2 Å². The van der Waals surface area contributed by atoms with E-state index in [1.165, 1.54) is 0 Å². The summed E-state index contributed by atoms with van der Waals surface area (Å²) in [5, 5.41) is 1.53. The van der Waals surface area contributed by atoms with Crippen molar-refractivity contribution in [1.82, 2.24) is 0 Å². The van der Waals surface area contributed by atoms with E-state index in [1.54, 1.807) is 24.3 Å². The molecule has 4 nitrogen and oxygen atoms in total. The van der Waals surface area contributed by atoms with Gasteiger partial charge in [-0.25, -0.2) is 9.79 Å². The van der Waals surface area contributed by atoms with Crippen molar-refractivity contribution in [3.8, 4) is 5.75 Å². The third-order valence-corrected chi connectivity index (χ3v) is 6.80. The quantitative estimate of drug-likeness (QED) is 0.155. The minimum absolute atomic E-state index is 0.148. The Balaban J connectivity index is 1.56. The zero-order valence-electron chi connectivity index (χ0n) is 16.0. The molecular formula is C23H12Cl3I2NO3. The number of hydrogen-bond donors (Lipinski definition) is 0. The van der Waals surface area contributed by atoms with Crippen molar-refractivity contribution in [3.63, 3.8) is 0 Å². The predicted molar refractivity (Wildman–Crippen MR) is 145 cm³/mol. The summed E-state index contributed by atoms with van der Waals surface area (Å²) < 4.78 is 13.1. The molecule has 0 saturated carbocycles. The van der Waals surface area contributed by atoms with Crippen LogP contribution in [0.4, 0.5) is 0 Å². The lowest BCUT2D eigenvalue weighted by molar-refractivity contribution is -0.129. The first-order chi connectivity index (χ1) is 15.3. The van der Waals surface area contributed by atoms with Gasteiger partial charge >= 0.3 is 5.97 Å². The molecule has 0 unspecified atom stereocenters. The van der Waals surface area contributed by atoms with E-state index in [-0.39, 0.29) is 11.6 Å². The van der Waals surface area contributed by atoms with E-state index < -0.39 is 5.97 Å². The summed E-state index contributed by atoms with van der Waals surface area (Å²) in [7, 11) is 0. The molecule has 1 aliphatic rings. The Kier molecular flexibility index (Phi) is 7.66. The number of rotatable bonds is 5. The first-order valence-electron chi connectivity index (χ1n) is 9.14. The van der Waals surface area contributed by atoms with Gasteiger partial charge in [-0.15, -0.1) is 0 Å². The van der Waals surface area contributed by atoms with Gasteiger partial charge in [0.15, 0.2) is 5.70 Å². The second-order valence-electron chi connectivity index (χ2n) is 6.69. The van der Waals surface area contributed by atoms with Crippen LogP contribution in [0.25, 0.3) is 6.08 Å². The van der Waals surface area contributed by atoms with E-state index in [2.05, 4.69) is 50.2 Å². The van der Waals surface area contributed by atoms with Gasteiger partial charge in [0.2, 0.25) is 5.90 Å². The van der Waals surface area contributed by atoms with Gasteiger partial charge in [0, 0.05) is 10.0 Å². The summed E-state index contributed by atoms with van der Waals surface area (Å²) in [6.45, 7) is 0.422. The molecule has 0 radical (unpaired) electrons. The Hall–Kier alpha value is -1.33. The van der Waals surface area contributed by atoms with Gasteiger partial charge < -0.3 is 9.47 Å². The van der Waals surface area contributed by atoms with E-state index in [4.69, 9.17) is 44.3 Å². The number of ether oxygens (including phenoxy) is 2. The lowest BCUT2D eigenvalue weighted by atomic mass is 10.2. The number of halogens is 5. The number of cyclic esters (lactones) is 1. The van der Waals surface area contributed by atoms with E-state index in [9.17, 15) is 4.79 Å². The maximum Gasteiger partial charge on any atom is 0.363 e. The molecule has 0 atom stereocenters. The fraction of sp³-hybridized carbons (Fsp3) is 0.0435. The molecule has 0 spiro atoms. The normalized spacial score (nSPS) is 14.5. The highest BCUT2D eigenvalue weighted by Gasteiger charge is 2.26. The fourth-order valence-corrected chi connectivity index (χ4v) is 5.63. The van der Waals surface area contributed by atoms with Crippen LogP contribution >= 0.6 is 80.0 Å². The highest BCUT2D eigenvalue weighted by atomic mass is 127. The third kappa shape index (κ3) is 5.59. The number of hydrogen-bond acceptors (Lipinski definition) is 4. The van der Waals surface area contributed by atoms with Crippen LogP contribution in [0.15, 0.2) is 65.3 Å². The number of esters is 1. The molecule has 32 heavy (non-hydrogen) atoms.